The summed E-state index contributed by atoms with van der Waals surface area (Å²) in [4.78, 5) is 2.30. The van der Waals surface area contributed by atoms with Crippen LogP contribution >= 0.6 is 0 Å². The van der Waals surface area contributed by atoms with Crippen LogP contribution in [0.3, 0.4) is 0 Å². The zero-order chi connectivity index (χ0) is 9.90. The fourth-order valence-electron chi connectivity index (χ4n) is 1.96. The van der Waals surface area contributed by atoms with Crippen LogP contribution < -0.4 is 0 Å². The van der Waals surface area contributed by atoms with E-state index < -0.39 is 0 Å². The largest absolute Gasteiger partial charge is 0.370 e. The second-order valence-corrected chi connectivity index (χ2v) is 4.33. The van der Waals surface area contributed by atoms with Crippen molar-refractivity contribution >= 4 is 0 Å². The van der Waals surface area contributed by atoms with Gasteiger partial charge in [-0.1, -0.05) is 0 Å². The standard InChI is InChI=1S/C10H18N2O/c1-9-7-12(6-4-5-11)8-10(2,3)13-9/h9H,4,6-8H2,1-3H3. The molecule has 1 aliphatic rings. The highest BCUT2D eigenvalue weighted by Crippen LogP contribution is 2.20. The molecule has 0 aromatic heterocycles. The predicted octanol–water partition coefficient (Wildman–Crippen LogP) is 1.40. The van der Waals surface area contributed by atoms with Crippen LogP contribution in [0.1, 0.15) is 27.2 Å². The highest BCUT2D eigenvalue weighted by atomic mass is 16.5. The van der Waals surface area contributed by atoms with Crippen LogP contribution in [0, 0.1) is 11.3 Å². The zero-order valence-electron chi connectivity index (χ0n) is 8.71. The number of morpholine rings is 1. The van der Waals surface area contributed by atoms with Crippen molar-refractivity contribution in [1.29, 1.82) is 5.26 Å². The predicted molar refractivity (Wildman–Crippen MR) is 51.3 cm³/mol. The minimum Gasteiger partial charge on any atom is -0.370 e. The topological polar surface area (TPSA) is 36.3 Å². The van der Waals surface area contributed by atoms with Crippen LogP contribution in [0.15, 0.2) is 0 Å². The highest BCUT2D eigenvalue weighted by molar-refractivity contribution is 4.84. The van der Waals surface area contributed by atoms with Crippen molar-refractivity contribution in [2.24, 2.45) is 0 Å². The fraction of sp³-hybridized carbons (Fsp3) is 0.900. The quantitative estimate of drug-likeness (QED) is 0.647. The van der Waals surface area contributed by atoms with Crippen molar-refractivity contribution in [2.75, 3.05) is 19.6 Å². The Morgan fingerprint density at radius 2 is 2.31 bits per heavy atom. The van der Waals surface area contributed by atoms with Gasteiger partial charge in [0.15, 0.2) is 0 Å². The van der Waals surface area contributed by atoms with Gasteiger partial charge < -0.3 is 4.74 Å². The van der Waals surface area contributed by atoms with Crippen molar-refractivity contribution in [3.63, 3.8) is 0 Å². The van der Waals surface area contributed by atoms with Crippen molar-refractivity contribution in [1.82, 2.24) is 4.90 Å². The van der Waals surface area contributed by atoms with Gasteiger partial charge in [-0.25, -0.2) is 0 Å². The highest BCUT2D eigenvalue weighted by Gasteiger charge is 2.30. The van der Waals surface area contributed by atoms with Crippen LogP contribution in [0.2, 0.25) is 0 Å². The minimum atomic E-state index is -0.0624. The normalized spacial score (nSPS) is 28.3. The van der Waals surface area contributed by atoms with E-state index in [0.717, 1.165) is 19.6 Å². The summed E-state index contributed by atoms with van der Waals surface area (Å²) in [6.45, 7) is 9.03. The van der Waals surface area contributed by atoms with E-state index in [1.54, 1.807) is 0 Å². The lowest BCUT2D eigenvalue weighted by molar-refractivity contribution is -0.128. The lowest BCUT2D eigenvalue weighted by Gasteiger charge is -2.41. The van der Waals surface area contributed by atoms with E-state index in [9.17, 15) is 0 Å². The molecule has 1 aliphatic heterocycles. The zero-order valence-corrected chi connectivity index (χ0v) is 8.71. The SMILES string of the molecule is CC1CN(CCC#N)CC(C)(C)O1. The van der Waals surface area contributed by atoms with Gasteiger partial charge in [-0.05, 0) is 20.8 Å². The second kappa shape index (κ2) is 4.08. The summed E-state index contributed by atoms with van der Waals surface area (Å²) < 4.78 is 5.76. The average Bonchev–Trinajstić information content (AvgIpc) is 1.97. The van der Waals surface area contributed by atoms with Gasteiger partial charge in [-0.15, -0.1) is 0 Å². The van der Waals surface area contributed by atoms with Crippen LogP contribution in [0.4, 0.5) is 0 Å². The maximum absolute atomic E-state index is 8.48. The molecule has 0 aromatic rings. The molecule has 3 heteroatoms. The molecule has 0 N–H and O–H groups in total. The average molecular weight is 182 g/mol. The molecule has 0 spiro atoms. The summed E-state index contributed by atoms with van der Waals surface area (Å²) >= 11 is 0. The van der Waals surface area contributed by atoms with Gasteiger partial charge in [0.1, 0.15) is 0 Å². The first-order chi connectivity index (χ1) is 6.03. The molecular formula is C10H18N2O. The van der Waals surface area contributed by atoms with E-state index in [0.29, 0.717) is 6.42 Å². The molecule has 1 saturated heterocycles. The molecule has 1 rings (SSSR count). The summed E-state index contributed by atoms with van der Waals surface area (Å²) in [5, 5.41) is 8.48. The summed E-state index contributed by atoms with van der Waals surface area (Å²) in [6.07, 6.45) is 0.894. The molecule has 3 nitrogen and oxygen atoms in total. The number of nitriles is 1. The Kier molecular flexibility index (Phi) is 3.29. The molecule has 1 unspecified atom stereocenters. The lowest BCUT2D eigenvalue weighted by atomic mass is 10.1. The van der Waals surface area contributed by atoms with Gasteiger partial charge in [0, 0.05) is 26.1 Å². The number of hydrogen-bond donors (Lipinski definition) is 0. The van der Waals surface area contributed by atoms with Gasteiger partial charge >= 0.3 is 0 Å². The maximum Gasteiger partial charge on any atom is 0.0757 e. The van der Waals surface area contributed by atoms with Gasteiger partial charge in [0.25, 0.3) is 0 Å². The summed E-state index contributed by atoms with van der Waals surface area (Å²) in [5.74, 6) is 0. The van der Waals surface area contributed by atoms with E-state index in [2.05, 4.69) is 31.7 Å². The van der Waals surface area contributed by atoms with Gasteiger partial charge in [0.2, 0.25) is 0 Å². The Balaban J connectivity index is 2.44. The number of hydrogen-bond acceptors (Lipinski definition) is 3. The summed E-state index contributed by atoms with van der Waals surface area (Å²) in [5.41, 5.74) is -0.0624. The van der Waals surface area contributed by atoms with E-state index >= 15 is 0 Å². The number of rotatable bonds is 2. The fourth-order valence-corrected chi connectivity index (χ4v) is 1.96. The minimum absolute atomic E-state index is 0.0624. The molecule has 1 heterocycles. The summed E-state index contributed by atoms with van der Waals surface area (Å²) in [7, 11) is 0. The molecule has 0 saturated carbocycles. The monoisotopic (exact) mass is 182 g/mol. The second-order valence-electron chi connectivity index (χ2n) is 4.33. The van der Waals surface area contributed by atoms with Crippen molar-refractivity contribution in [2.45, 2.75) is 38.9 Å². The molecule has 1 fully saturated rings. The Bertz CT molecular complexity index is 207. The van der Waals surface area contributed by atoms with Gasteiger partial charge in [0.05, 0.1) is 17.8 Å². The van der Waals surface area contributed by atoms with Crippen LogP contribution in [-0.2, 0) is 4.74 Å². The maximum atomic E-state index is 8.48. The smallest absolute Gasteiger partial charge is 0.0757 e. The molecule has 0 bridgehead atoms. The Hall–Kier alpha value is -0.590. The van der Waals surface area contributed by atoms with E-state index in [-0.39, 0.29) is 11.7 Å². The third-order valence-corrected chi connectivity index (χ3v) is 2.18. The number of ether oxygens (including phenoxy) is 1. The molecule has 1 atom stereocenters. The first-order valence-corrected chi connectivity index (χ1v) is 4.80. The molecule has 0 aliphatic carbocycles. The number of nitrogens with zero attached hydrogens (tertiary/aromatic N) is 2. The first-order valence-electron chi connectivity index (χ1n) is 4.80. The third kappa shape index (κ3) is 3.33. The van der Waals surface area contributed by atoms with Gasteiger partial charge in [-0.3, -0.25) is 4.90 Å². The van der Waals surface area contributed by atoms with Crippen molar-refractivity contribution < 1.29 is 4.74 Å². The first kappa shape index (κ1) is 10.5. The van der Waals surface area contributed by atoms with E-state index in [1.165, 1.54) is 0 Å². The molecule has 0 amide bonds. The van der Waals surface area contributed by atoms with Crippen LogP contribution in [0.5, 0.6) is 0 Å². The third-order valence-electron chi connectivity index (χ3n) is 2.18. The van der Waals surface area contributed by atoms with E-state index in [1.807, 2.05) is 0 Å². The van der Waals surface area contributed by atoms with Gasteiger partial charge in [-0.2, -0.15) is 5.26 Å². The summed E-state index contributed by atoms with van der Waals surface area (Å²) in [6, 6.07) is 2.17. The Morgan fingerprint density at radius 1 is 1.62 bits per heavy atom. The molecule has 74 valence electrons. The van der Waals surface area contributed by atoms with Crippen LogP contribution in [-0.4, -0.2) is 36.2 Å². The molecule has 13 heavy (non-hydrogen) atoms. The molecular weight excluding hydrogens is 164 g/mol. The Morgan fingerprint density at radius 3 is 2.85 bits per heavy atom. The van der Waals surface area contributed by atoms with Crippen molar-refractivity contribution in [3.8, 4) is 6.07 Å². The van der Waals surface area contributed by atoms with Crippen molar-refractivity contribution in [3.05, 3.63) is 0 Å². The lowest BCUT2D eigenvalue weighted by Crippen LogP contribution is -2.51. The van der Waals surface area contributed by atoms with E-state index in [4.69, 9.17) is 10.00 Å². The molecule has 0 radical (unpaired) electrons. The Labute approximate surface area is 80.3 Å². The molecule has 0 aromatic carbocycles. The van der Waals surface area contributed by atoms with Crippen LogP contribution in [0.25, 0.3) is 0 Å².